The molecule has 0 bridgehead atoms. The van der Waals surface area contributed by atoms with Gasteiger partial charge in [0.15, 0.2) is 0 Å². The number of hydrogen-bond acceptors (Lipinski definition) is 3. The molecule has 0 saturated carbocycles. The number of rotatable bonds is 3. The van der Waals surface area contributed by atoms with Gasteiger partial charge in [0.1, 0.15) is 5.69 Å². The number of benzene rings is 2. The molecule has 0 atom stereocenters. The van der Waals surface area contributed by atoms with Crippen molar-refractivity contribution >= 4 is 23.4 Å². The number of amides is 2. The quantitative estimate of drug-likeness (QED) is 0.620. The highest BCUT2D eigenvalue weighted by molar-refractivity contribution is 6.33. The third kappa shape index (κ3) is 4.21. The van der Waals surface area contributed by atoms with Gasteiger partial charge < -0.3 is 9.80 Å². The minimum absolute atomic E-state index is 0.0357. The number of aryl methyl sites for hydroxylation is 2. The molecule has 3 aromatic rings. The summed E-state index contributed by atoms with van der Waals surface area (Å²) in [7, 11) is 0. The average molecular weight is 437 g/mol. The molecule has 160 valence electrons. The Morgan fingerprint density at radius 2 is 1.61 bits per heavy atom. The predicted octanol–water partition coefficient (Wildman–Crippen LogP) is 4.11. The minimum atomic E-state index is -0.102. The third-order valence-corrected chi connectivity index (χ3v) is 6.01. The zero-order chi connectivity index (χ0) is 22.1. The molecule has 4 rings (SSSR count). The zero-order valence-corrected chi connectivity index (χ0v) is 18.7. The topological polar surface area (TPSA) is 58.4 Å². The zero-order valence-electron chi connectivity index (χ0n) is 17.9. The first-order valence-electron chi connectivity index (χ1n) is 10.3. The summed E-state index contributed by atoms with van der Waals surface area (Å²) in [6.45, 7) is 7.65. The molecular formula is C24H25ClN4O2. The Bertz CT molecular complexity index is 1150. The molecule has 0 N–H and O–H groups in total. The van der Waals surface area contributed by atoms with E-state index in [1.165, 1.54) is 0 Å². The Hall–Kier alpha value is -3.12. The fourth-order valence-corrected chi connectivity index (χ4v) is 4.08. The van der Waals surface area contributed by atoms with Crippen molar-refractivity contribution in [3.63, 3.8) is 0 Å². The molecule has 7 heteroatoms. The highest BCUT2D eigenvalue weighted by Gasteiger charge is 2.27. The molecule has 0 aliphatic carbocycles. The molecule has 1 fully saturated rings. The van der Waals surface area contributed by atoms with Crippen LogP contribution in [0.15, 0.2) is 48.5 Å². The fourth-order valence-electron chi connectivity index (χ4n) is 3.85. The van der Waals surface area contributed by atoms with Crippen molar-refractivity contribution in [2.75, 3.05) is 26.2 Å². The van der Waals surface area contributed by atoms with Crippen LogP contribution < -0.4 is 0 Å². The molecule has 1 aromatic heterocycles. The van der Waals surface area contributed by atoms with Gasteiger partial charge in [-0.15, -0.1) is 0 Å². The van der Waals surface area contributed by atoms with Gasteiger partial charge in [-0.3, -0.25) is 9.59 Å². The monoisotopic (exact) mass is 436 g/mol. The van der Waals surface area contributed by atoms with Crippen molar-refractivity contribution in [2.45, 2.75) is 20.8 Å². The van der Waals surface area contributed by atoms with Crippen LogP contribution in [0.25, 0.3) is 16.9 Å². The van der Waals surface area contributed by atoms with E-state index in [9.17, 15) is 9.59 Å². The number of piperazine rings is 1. The maximum atomic E-state index is 13.5. The van der Waals surface area contributed by atoms with Crippen molar-refractivity contribution < 1.29 is 9.59 Å². The van der Waals surface area contributed by atoms with Crippen LogP contribution in [0, 0.1) is 13.8 Å². The molecule has 2 amide bonds. The maximum absolute atomic E-state index is 13.5. The standard InChI is InChI=1S/C24H25ClN4O2/c1-16-8-9-17(2)22(14-16)29-23(15-21(26-29)19-6-4-5-7-20(19)25)24(31)28-12-10-27(11-13-28)18(3)30/h4-9,14-15H,10-13H2,1-3H3. The summed E-state index contributed by atoms with van der Waals surface area (Å²) >= 11 is 6.41. The summed E-state index contributed by atoms with van der Waals surface area (Å²) in [5, 5.41) is 5.38. The molecular weight excluding hydrogens is 412 g/mol. The van der Waals surface area contributed by atoms with E-state index in [4.69, 9.17) is 16.7 Å². The third-order valence-electron chi connectivity index (χ3n) is 5.68. The van der Waals surface area contributed by atoms with Crippen LogP contribution in [0.5, 0.6) is 0 Å². The van der Waals surface area contributed by atoms with E-state index in [0.29, 0.717) is 42.6 Å². The van der Waals surface area contributed by atoms with Gasteiger partial charge in [-0.1, -0.05) is 41.9 Å². The van der Waals surface area contributed by atoms with Crippen LogP contribution in [-0.2, 0) is 4.79 Å². The van der Waals surface area contributed by atoms with Gasteiger partial charge in [0, 0.05) is 38.7 Å². The number of halogens is 1. The van der Waals surface area contributed by atoms with E-state index in [2.05, 4.69) is 0 Å². The van der Waals surface area contributed by atoms with Crippen molar-refractivity contribution in [3.05, 3.63) is 70.4 Å². The second kappa shape index (κ2) is 8.55. The van der Waals surface area contributed by atoms with E-state index < -0.39 is 0 Å². The average Bonchev–Trinajstić information content (AvgIpc) is 3.20. The second-order valence-corrected chi connectivity index (χ2v) is 8.30. The summed E-state index contributed by atoms with van der Waals surface area (Å²) in [4.78, 5) is 28.7. The van der Waals surface area contributed by atoms with E-state index in [1.54, 1.807) is 21.4 Å². The first kappa shape index (κ1) is 21.1. The lowest BCUT2D eigenvalue weighted by molar-refractivity contribution is -0.130. The maximum Gasteiger partial charge on any atom is 0.272 e. The van der Waals surface area contributed by atoms with E-state index in [1.807, 2.05) is 62.4 Å². The Kier molecular flexibility index (Phi) is 5.83. The van der Waals surface area contributed by atoms with E-state index in [0.717, 1.165) is 22.4 Å². The predicted molar refractivity (Wildman–Crippen MR) is 122 cm³/mol. The van der Waals surface area contributed by atoms with Gasteiger partial charge in [-0.05, 0) is 43.2 Å². The molecule has 1 aliphatic heterocycles. The summed E-state index contributed by atoms with van der Waals surface area (Å²) in [5.74, 6) is -0.0663. The largest absolute Gasteiger partial charge is 0.339 e. The Morgan fingerprint density at radius 3 is 2.29 bits per heavy atom. The number of hydrogen-bond donors (Lipinski definition) is 0. The first-order chi connectivity index (χ1) is 14.8. The summed E-state index contributed by atoms with van der Waals surface area (Å²) < 4.78 is 1.72. The fraction of sp³-hybridized carbons (Fsp3) is 0.292. The number of nitrogens with zero attached hydrogens (tertiary/aromatic N) is 4. The SMILES string of the molecule is CC(=O)N1CCN(C(=O)c2cc(-c3ccccc3Cl)nn2-c2cc(C)ccc2C)CC1. The van der Waals surface area contributed by atoms with Gasteiger partial charge in [-0.25, -0.2) is 4.68 Å². The van der Waals surface area contributed by atoms with Crippen molar-refractivity contribution in [2.24, 2.45) is 0 Å². The van der Waals surface area contributed by atoms with Crippen LogP contribution in [-0.4, -0.2) is 57.6 Å². The van der Waals surface area contributed by atoms with Crippen molar-refractivity contribution in [1.82, 2.24) is 19.6 Å². The van der Waals surface area contributed by atoms with Crippen LogP contribution >= 0.6 is 11.6 Å². The molecule has 31 heavy (non-hydrogen) atoms. The first-order valence-corrected chi connectivity index (χ1v) is 10.7. The molecule has 6 nitrogen and oxygen atoms in total. The van der Waals surface area contributed by atoms with Gasteiger partial charge in [-0.2, -0.15) is 5.10 Å². The highest BCUT2D eigenvalue weighted by Crippen LogP contribution is 2.29. The van der Waals surface area contributed by atoms with Crippen LogP contribution in [0.3, 0.4) is 0 Å². The molecule has 1 saturated heterocycles. The summed E-state index contributed by atoms with van der Waals surface area (Å²) in [5.41, 5.74) is 4.89. The van der Waals surface area contributed by atoms with Gasteiger partial charge in [0.05, 0.1) is 16.4 Å². The van der Waals surface area contributed by atoms with Gasteiger partial charge in [0.2, 0.25) is 5.91 Å². The highest BCUT2D eigenvalue weighted by atomic mass is 35.5. The summed E-state index contributed by atoms with van der Waals surface area (Å²) in [6, 6.07) is 15.4. The second-order valence-electron chi connectivity index (χ2n) is 7.89. The number of carbonyl (C=O) groups excluding carboxylic acids is 2. The molecule has 2 heterocycles. The van der Waals surface area contributed by atoms with Crippen LogP contribution in [0.4, 0.5) is 0 Å². The Balaban J connectivity index is 1.77. The van der Waals surface area contributed by atoms with Gasteiger partial charge in [0.25, 0.3) is 5.91 Å². The van der Waals surface area contributed by atoms with Crippen LogP contribution in [0.2, 0.25) is 5.02 Å². The minimum Gasteiger partial charge on any atom is -0.339 e. The Labute approximate surface area is 187 Å². The van der Waals surface area contributed by atoms with Crippen LogP contribution in [0.1, 0.15) is 28.5 Å². The smallest absolute Gasteiger partial charge is 0.272 e. The molecule has 0 unspecified atom stereocenters. The normalized spacial score (nSPS) is 14.1. The van der Waals surface area contributed by atoms with E-state index in [-0.39, 0.29) is 11.8 Å². The molecule has 0 spiro atoms. The molecule has 0 radical (unpaired) electrons. The number of aromatic nitrogens is 2. The van der Waals surface area contributed by atoms with Crippen molar-refractivity contribution in [1.29, 1.82) is 0 Å². The number of carbonyl (C=O) groups is 2. The molecule has 1 aliphatic rings. The lowest BCUT2D eigenvalue weighted by Crippen LogP contribution is -2.50. The van der Waals surface area contributed by atoms with Gasteiger partial charge >= 0.3 is 0 Å². The molecule has 2 aromatic carbocycles. The lowest BCUT2D eigenvalue weighted by atomic mass is 10.1. The lowest BCUT2D eigenvalue weighted by Gasteiger charge is -2.34. The van der Waals surface area contributed by atoms with Crippen molar-refractivity contribution in [3.8, 4) is 16.9 Å². The Morgan fingerprint density at radius 1 is 0.935 bits per heavy atom. The summed E-state index contributed by atoms with van der Waals surface area (Å²) in [6.07, 6.45) is 0. The van der Waals surface area contributed by atoms with E-state index >= 15 is 0 Å².